The number of hydrogen-bond acceptors (Lipinski definition) is 3. The molecule has 9 heteroatoms. The van der Waals surface area contributed by atoms with E-state index < -0.39 is 0 Å². The minimum Gasteiger partial charge on any atom is -0.376 e. The third-order valence-corrected chi connectivity index (χ3v) is 4.92. The van der Waals surface area contributed by atoms with Crippen LogP contribution in [-0.2, 0) is 11.3 Å². The van der Waals surface area contributed by atoms with Crippen LogP contribution in [-0.4, -0.2) is 34.1 Å². The average Bonchev–Trinajstić information content (AvgIpc) is 3.19. The first-order chi connectivity index (χ1) is 12.0. The van der Waals surface area contributed by atoms with Crippen molar-refractivity contribution >= 4 is 58.0 Å². The summed E-state index contributed by atoms with van der Waals surface area (Å²) in [6.45, 7) is 1.97. The lowest BCUT2D eigenvalue weighted by molar-refractivity contribution is 0.114. The van der Waals surface area contributed by atoms with Crippen LogP contribution in [0.1, 0.15) is 18.4 Å². The molecule has 0 radical (unpaired) electrons. The zero-order valence-corrected chi connectivity index (χ0v) is 16.4. The zero-order valence-electron chi connectivity index (χ0n) is 13.3. The molecule has 2 N–H and O–H groups in total. The molecule has 0 spiro atoms. The SMILES string of the molecule is S=C(NC[C@@H]1CCCO1)Nc1nn(Cc2ccc(Cl)cc2Cl)cc1Cl. The number of rotatable bonds is 5. The quantitative estimate of drug-likeness (QED) is 0.705. The number of hydrogen-bond donors (Lipinski definition) is 2. The Balaban J connectivity index is 1.58. The Morgan fingerprint density at radius 1 is 1.32 bits per heavy atom. The highest BCUT2D eigenvalue weighted by Crippen LogP contribution is 2.24. The van der Waals surface area contributed by atoms with Crippen LogP contribution in [0.4, 0.5) is 5.82 Å². The first-order valence-electron chi connectivity index (χ1n) is 7.84. The van der Waals surface area contributed by atoms with Crippen molar-refractivity contribution in [1.29, 1.82) is 0 Å². The molecular formula is C16H17Cl3N4OS. The minimum absolute atomic E-state index is 0.208. The molecule has 0 unspecified atom stereocenters. The van der Waals surface area contributed by atoms with Gasteiger partial charge in [-0.3, -0.25) is 4.68 Å². The van der Waals surface area contributed by atoms with Gasteiger partial charge in [-0.2, -0.15) is 5.10 Å². The zero-order chi connectivity index (χ0) is 17.8. The van der Waals surface area contributed by atoms with Crippen molar-refractivity contribution < 1.29 is 4.74 Å². The normalized spacial score (nSPS) is 16.8. The molecule has 134 valence electrons. The number of benzene rings is 1. The van der Waals surface area contributed by atoms with Crippen LogP contribution in [0.5, 0.6) is 0 Å². The molecule has 2 aromatic rings. The predicted molar refractivity (Wildman–Crippen MR) is 106 cm³/mol. The molecule has 0 amide bonds. The fourth-order valence-corrected chi connectivity index (χ4v) is 3.40. The van der Waals surface area contributed by atoms with Crippen LogP contribution in [0.25, 0.3) is 0 Å². The van der Waals surface area contributed by atoms with E-state index in [0.717, 1.165) is 25.0 Å². The van der Waals surface area contributed by atoms with Gasteiger partial charge in [0.2, 0.25) is 0 Å². The Morgan fingerprint density at radius 2 is 2.16 bits per heavy atom. The van der Waals surface area contributed by atoms with E-state index in [-0.39, 0.29) is 6.10 Å². The minimum atomic E-state index is 0.208. The maximum Gasteiger partial charge on any atom is 0.173 e. The second-order valence-electron chi connectivity index (χ2n) is 5.73. The molecule has 1 aliphatic heterocycles. The van der Waals surface area contributed by atoms with Crippen molar-refractivity contribution in [2.24, 2.45) is 0 Å². The number of halogens is 3. The van der Waals surface area contributed by atoms with Gasteiger partial charge in [-0.05, 0) is 42.8 Å². The summed E-state index contributed by atoms with van der Waals surface area (Å²) in [5.74, 6) is 0.497. The third-order valence-electron chi connectivity index (χ3n) is 3.81. The fourth-order valence-electron chi connectivity index (χ4n) is 2.55. The van der Waals surface area contributed by atoms with Gasteiger partial charge >= 0.3 is 0 Å². The lowest BCUT2D eigenvalue weighted by atomic mass is 10.2. The molecule has 5 nitrogen and oxygen atoms in total. The summed E-state index contributed by atoms with van der Waals surface area (Å²) in [4.78, 5) is 0. The third kappa shape index (κ3) is 5.21. The highest BCUT2D eigenvalue weighted by molar-refractivity contribution is 7.80. The van der Waals surface area contributed by atoms with Gasteiger partial charge in [0.05, 0.1) is 12.6 Å². The van der Waals surface area contributed by atoms with Crippen LogP contribution in [0, 0.1) is 0 Å². The van der Waals surface area contributed by atoms with Gasteiger partial charge in [0, 0.05) is 29.4 Å². The summed E-state index contributed by atoms with van der Waals surface area (Å²) in [6.07, 6.45) is 4.07. The summed E-state index contributed by atoms with van der Waals surface area (Å²) in [7, 11) is 0. The molecule has 25 heavy (non-hydrogen) atoms. The molecule has 0 aliphatic carbocycles. The second kappa shape index (κ2) is 8.56. The molecule has 0 saturated carbocycles. The van der Waals surface area contributed by atoms with E-state index in [4.69, 9.17) is 51.8 Å². The average molecular weight is 420 g/mol. The van der Waals surface area contributed by atoms with Crippen LogP contribution < -0.4 is 10.6 Å². The molecule has 3 rings (SSSR count). The van der Waals surface area contributed by atoms with E-state index in [1.165, 1.54) is 0 Å². The second-order valence-corrected chi connectivity index (χ2v) is 7.39. The molecule has 1 saturated heterocycles. The lowest BCUT2D eigenvalue weighted by Gasteiger charge is -2.13. The van der Waals surface area contributed by atoms with E-state index in [9.17, 15) is 0 Å². The first kappa shape index (κ1) is 18.7. The number of aromatic nitrogens is 2. The van der Waals surface area contributed by atoms with Gasteiger partial charge in [-0.15, -0.1) is 0 Å². The molecule has 1 fully saturated rings. The maximum absolute atomic E-state index is 6.24. The summed E-state index contributed by atoms with van der Waals surface area (Å²) in [6, 6.07) is 5.35. The molecule has 1 aliphatic rings. The van der Waals surface area contributed by atoms with Gasteiger partial charge in [-0.25, -0.2) is 0 Å². The van der Waals surface area contributed by atoms with Gasteiger partial charge in [0.1, 0.15) is 5.02 Å². The largest absolute Gasteiger partial charge is 0.376 e. The smallest absolute Gasteiger partial charge is 0.173 e. The molecule has 1 aromatic carbocycles. The monoisotopic (exact) mass is 418 g/mol. The maximum atomic E-state index is 6.24. The van der Waals surface area contributed by atoms with Crippen LogP contribution in [0.15, 0.2) is 24.4 Å². The van der Waals surface area contributed by atoms with Crippen LogP contribution >= 0.6 is 47.0 Å². The van der Waals surface area contributed by atoms with Crippen molar-refractivity contribution in [1.82, 2.24) is 15.1 Å². The summed E-state index contributed by atoms with van der Waals surface area (Å²) < 4.78 is 7.25. The van der Waals surface area contributed by atoms with E-state index >= 15 is 0 Å². The Hall–Kier alpha value is -1.05. The Bertz CT molecular complexity index is 762. The number of thiocarbonyl (C=S) groups is 1. The van der Waals surface area contributed by atoms with Gasteiger partial charge in [0.15, 0.2) is 10.9 Å². The van der Waals surface area contributed by atoms with Crippen LogP contribution in [0.3, 0.4) is 0 Å². The summed E-state index contributed by atoms with van der Waals surface area (Å²) >= 11 is 23.6. The predicted octanol–water partition coefficient (Wildman–Crippen LogP) is 4.36. The molecule has 0 bridgehead atoms. The standard InChI is InChI=1S/C16H17Cl3N4OS/c17-11-4-3-10(13(18)6-11)8-23-9-14(19)15(22-23)21-16(25)20-7-12-2-1-5-24-12/h3-4,6,9,12H,1-2,5,7-8H2,(H2,20,21,22,25)/t12-/m0/s1. The Labute approximate surface area is 166 Å². The summed E-state index contributed by atoms with van der Waals surface area (Å²) in [5.41, 5.74) is 0.899. The summed E-state index contributed by atoms with van der Waals surface area (Å²) in [5, 5.41) is 12.7. The number of nitrogens with one attached hydrogen (secondary N) is 2. The van der Waals surface area contributed by atoms with E-state index in [2.05, 4.69) is 15.7 Å². The van der Waals surface area contributed by atoms with E-state index in [1.54, 1.807) is 23.0 Å². The van der Waals surface area contributed by atoms with Gasteiger partial charge < -0.3 is 15.4 Å². The molecule has 2 heterocycles. The van der Waals surface area contributed by atoms with Gasteiger partial charge in [0.25, 0.3) is 0 Å². The van der Waals surface area contributed by atoms with Crippen molar-refractivity contribution in [2.45, 2.75) is 25.5 Å². The topological polar surface area (TPSA) is 51.1 Å². The lowest BCUT2D eigenvalue weighted by Crippen LogP contribution is -2.35. The van der Waals surface area contributed by atoms with Crippen LogP contribution in [0.2, 0.25) is 15.1 Å². The van der Waals surface area contributed by atoms with Crippen molar-refractivity contribution in [3.8, 4) is 0 Å². The number of anilines is 1. The highest BCUT2D eigenvalue weighted by atomic mass is 35.5. The van der Waals surface area contributed by atoms with E-state index in [1.807, 2.05) is 6.07 Å². The molecule has 1 atom stereocenters. The molecule has 1 aromatic heterocycles. The number of nitrogens with zero attached hydrogens (tertiary/aromatic N) is 2. The van der Waals surface area contributed by atoms with E-state index in [0.29, 0.717) is 39.1 Å². The fraction of sp³-hybridized carbons (Fsp3) is 0.375. The first-order valence-corrected chi connectivity index (χ1v) is 9.39. The highest BCUT2D eigenvalue weighted by Gasteiger charge is 2.16. The molecular weight excluding hydrogens is 403 g/mol. The van der Waals surface area contributed by atoms with Crippen molar-refractivity contribution in [3.63, 3.8) is 0 Å². The van der Waals surface area contributed by atoms with Gasteiger partial charge in [-0.1, -0.05) is 40.9 Å². The van der Waals surface area contributed by atoms with Crippen molar-refractivity contribution in [3.05, 3.63) is 45.0 Å². The Morgan fingerprint density at radius 3 is 2.88 bits per heavy atom. The Kier molecular flexibility index (Phi) is 6.41. The van der Waals surface area contributed by atoms with Crippen molar-refractivity contribution in [2.75, 3.05) is 18.5 Å². The number of ether oxygens (including phenoxy) is 1.